The van der Waals surface area contributed by atoms with Crippen LogP contribution in [0.2, 0.25) is 0 Å². The molecule has 1 heterocycles. The van der Waals surface area contributed by atoms with Crippen LogP contribution in [0.5, 0.6) is 0 Å². The van der Waals surface area contributed by atoms with Gasteiger partial charge >= 0.3 is 11.1 Å². The molecule has 0 saturated heterocycles. The van der Waals surface area contributed by atoms with Gasteiger partial charge in [-0.25, -0.2) is 4.84 Å². The van der Waals surface area contributed by atoms with Gasteiger partial charge in [0, 0.05) is 56.1 Å². The van der Waals surface area contributed by atoms with Gasteiger partial charge in [0.2, 0.25) is 0 Å². The molecule has 0 aliphatic carbocycles. The van der Waals surface area contributed by atoms with E-state index >= 15 is 0 Å². The molecule has 0 bridgehead atoms. The third-order valence-corrected chi connectivity index (χ3v) is 1.07. The number of pyridine rings is 1. The maximum absolute atomic E-state index is 10.8. The van der Waals surface area contributed by atoms with Crippen molar-refractivity contribution < 1.29 is 52.9 Å². The SMILES string of the molecule is O=C(O[N+](=O)[O-])c1ccncc1.[Dy]. The Balaban J connectivity index is 0.00000144. The van der Waals surface area contributed by atoms with Crippen LogP contribution in [-0.4, -0.2) is 16.0 Å². The second-order valence-corrected chi connectivity index (χ2v) is 1.84. The molecule has 1 aromatic rings. The predicted octanol–water partition coefficient (Wildman–Crippen LogP) is 0.430. The van der Waals surface area contributed by atoms with Crippen molar-refractivity contribution in [2.45, 2.75) is 0 Å². The van der Waals surface area contributed by atoms with Gasteiger partial charge in [0.1, 0.15) is 0 Å². The van der Waals surface area contributed by atoms with Crippen LogP contribution in [0.3, 0.4) is 0 Å². The van der Waals surface area contributed by atoms with Crippen LogP contribution in [0, 0.1) is 48.3 Å². The minimum Gasteiger partial charge on any atom is -0.265 e. The number of nitrogens with zero attached hydrogens (tertiary/aromatic N) is 2. The van der Waals surface area contributed by atoms with Gasteiger partial charge in [-0.15, -0.1) is 10.1 Å². The Morgan fingerprint density at radius 3 is 2.46 bits per heavy atom. The van der Waals surface area contributed by atoms with E-state index in [-0.39, 0.29) is 43.7 Å². The average Bonchev–Trinajstić information content (AvgIpc) is 2.05. The number of carbonyl (C=O) groups is 1. The zero-order valence-electron chi connectivity index (χ0n) is 6.15. The standard InChI is InChI=1S/C6H4N2O4.Dy/c9-6(12-8(10)11)5-1-3-7-4-2-5;/h1-4H;. The molecule has 72 valence electrons. The summed E-state index contributed by atoms with van der Waals surface area (Å²) in [7, 11) is 0. The van der Waals surface area contributed by atoms with E-state index in [1.165, 1.54) is 24.5 Å². The van der Waals surface area contributed by atoms with Gasteiger partial charge in [-0.3, -0.25) is 9.78 Å². The summed E-state index contributed by atoms with van der Waals surface area (Å²) in [6.45, 7) is 0. The van der Waals surface area contributed by atoms with Crippen LogP contribution in [0.15, 0.2) is 24.5 Å². The molecular weight excluding hydrogens is 327 g/mol. The minimum absolute atomic E-state index is 0. The summed E-state index contributed by atoms with van der Waals surface area (Å²) in [5, 5.41) is 8.58. The van der Waals surface area contributed by atoms with E-state index in [2.05, 4.69) is 9.82 Å². The van der Waals surface area contributed by atoms with Gasteiger partial charge in [0.15, 0.2) is 0 Å². The summed E-state index contributed by atoms with van der Waals surface area (Å²) in [5.41, 5.74) is 0.0988. The van der Waals surface area contributed by atoms with E-state index in [0.29, 0.717) is 0 Å². The van der Waals surface area contributed by atoms with Crippen molar-refractivity contribution >= 4 is 5.97 Å². The van der Waals surface area contributed by atoms with E-state index in [0.717, 1.165) is 0 Å². The first kappa shape index (κ1) is 12.3. The van der Waals surface area contributed by atoms with Crippen molar-refractivity contribution in [3.8, 4) is 0 Å². The summed E-state index contributed by atoms with van der Waals surface area (Å²) in [4.78, 5) is 27.8. The molecule has 7 heteroatoms. The summed E-state index contributed by atoms with van der Waals surface area (Å²) in [6, 6.07) is 2.65. The molecule has 0 saturated carbocycles. The molecule has 0 atom stereocenters. The molecule has 13 heavy (non-hydrogen) atoms. The molecule has 0 aliphatic heterocycles. The zero-order valence-corrected chi connectivity index (χ0v) is 8.18. The van der Waals surface area contributed by atoms with Gasteiger partial charge in [-0.05, 0) is 12.1 Å². The number of hydrogen-bond acceptors (Lipinski definition) is 5. The summed E-state index contributed by atoms with van der Waals surface area (Å²) in [5.74, 6) is -0.998. The Kier molecular flexibility index (Phi) is 5.54. The molecule has 0 spiro atoms. The third-order valence-electron chi connectivity index (χ3n) is 1.07. The number of aromatic nitrogens is 1. The molecule has 1 aromatic heterocycles. The van der Waals surface area contributed by atoms with E-state index in [9.17, 15) is 14.9 Å². The Hall–Kier alpha value is -0.707. The second kappa shape index (κ2) is 5.86. The van der Waals surface area contributed by atoms with E-state index in [4.69, 9.17) is 0 Å². The molecular formula is C6H4DyN2O4. The first-order chi connectivity index (χ1) is 5.70. The fraction of sp³-hybridized carbons (Fsp3) is 0. The molecule has 1 rings (SSSR count). The molecule has 0 aromatic carbocycles. The maximum atomic E-state index is 10.8. The molecule has 6 nitrogen and oxygen atoms in total. The van der Waals surface area contributed by atoms with Crippen molar-refractivity contribution in [3.63, 3.8) is 0 Å². The van der Waals surface area contributed by atoms with Gasteiger partial charge in [-0.1, -0.05) is 0 Å². The molecule has 0 fully saturated rings. The van der Waals surface area contributed by atoms with E-state index in [1.54, 1.807) is 0 Å². The first-order valence-electron chi connectivity index (χ1n) is 2.97. The van der Waals surface area contributed by atoms with Crippen LogP contribution < -0.4 is 0 Å². The number of rotatable bonds is 2. The minimum atomic E-state index is -1.15. The average molecular weight is 331 g/mol. The van der Waals surface area contributed by atoms with Gasteiger partial charge in [0.25, 0.3) is 0 Å². The van der Waals surface area contributed by atoms with Crippen molar-refractivity contribution in [2.75, 3.05) is 0 Å². The van der Waals surface area contributed by atoms with Crippen LogP contribution in [0.25, 0.3) is 0 Å². The molecule has 0 amide bonds. The van der Waals surface area contributed by atoms with Gasteiger partial charge < -0.3 is 0 Å². The molecule has 0 unspecified atom stereocenters. The van der Waals surface area contributed by atoms with Crippen molar-refractivity contribution in [3.05, 3.63) is 40.2 Å². The Labute approximate surface area is 103 Å². The fourth-order valence-corrected chi connectivity index (χ4v) is 0.608. The van der Waals surface area contributed by atoms with Crippen molar-refractivity contribution in [1.29, 1.82) is 0 Å². The first-order valence-corrected chi connectivity index (χ1v) is 2.97. The normalized spacial score (nSPS) is 8.31. The Bertz CT molecular complexity index is 303. The zero-order chi connectivity index (χ0) is 8.97. The topological polar surface area (TPSA) is 82.3 Å². The smallest absolute Gasteiger partial charge is 0.265 e. The third kappa shape index (κ3) is 4.17. The van der Waals surface area contributed by atoms with Crippen LogP contribution >= 0.6 is 0 Å². The fourth-order valence-electron chi connectivity index (χ4n) is 0.608. The Morgan fingerprint density at radius 1 is 1.46 bits per heavy atom. The van der Waals surface area contributed by atoms with Crippen LogP contribution in [0.4, 0.5) is 0 Å². The van der Waals surface area contributed by atoms with E-state index in [1.807, 2.05) is 0 Å². The molecule has 0 aliphatic rings. The molecule has 0 radical (unpaired) electrons. The van der Waals surface area contributed by atoms with Gasteiger partial charge in [-0.2, -0.15) is 0 Å². The monoisotopic (exact) mass is 332 g/mol. The number of carbonyl (C=O) groups excluding carboxylic acids is 1. The number of hydrogen-bond donors (Lipinski definition) is 0. The quantitative estimate of drug-likeness (QED) is 0.580. The summed E-state index contributed by atoms with van der Waals surface area (Å²) in [6.07, 6.45) is 2.69. The largest absolute Gasteiger partial charge is 0.334 e. The molecule has 0 N–H and O–H groups in total. The predicted molar refractivity (Wildman–Crippen MR) is 36.6 cm³/mol. The van der Waals surface area contributed by atoms with Gasteiger partial charge in [0.05, 0.1) is 0 Å². The summed E-state index contributed by atoms with van der Waals surface area (Å²) >= 11 is 0. The van der Waals surface area contributed by atoms with Crippen molar-refractivity contribution in [1.82, 2.24) is 4.98 Å². The Morgan fingerprint density at radius 2 is 2.00 bits per heavy atom. The summed E-state index contributed by atoms with van der Waals surface area (Å²) < 4.78 is 0. The van der Waals surface area contributed by atoms with Crippen LogP contribution in [-0.2, 0) is 4.84 Å². The van der Waals surface area contributed by atoms with Crippen LogP contribution in [0.1, 0.15) is 10.4 Å². The second-order valence-electron chi connectivity index (χ2n) is 1.84. The van der Waals surface area contributed by atoms with E-state index < -0.39 is 11.1 Å². The maximum Gasteiger partial charge on any atom is 0.334 e. The van der Waals surface area contributed by atoms with Crippen molar-refractivity contribution in [2.24, 2.45) is 0 Å².